The Hall–Kier alpha value is -1.34. The van der Waals surface area contributed by atoms with Crippen LogP contribution >= 0.6 is 51.3 Å². The maximum atomic E-state index is 12.7. The van der Waals surface area contributed by atoms with Gasteiger partial charge >= 0.3 is 0 Å². The number of benzene rings is 2. The van der Waals surface area contributed by atoms with Crippen molar-refractivity contribution in [2.24, 2.45) is 0 Å². The number of rotatable bonds is 8. The molecule has 0 saturated heterocycles. The highest BCUT2D eigenvalue weighted by Crippen LogP contribution is 2.26. The molecule has 0 spiro atoms. The van der Waals surface area contributed by atoms with E-state index < -0.39 is 0 Å². The number of ether oxygens (including phenoxy) is 1. The Bertz CT molecular complexity index is 849. The van der Waals surface area contributed by atoms with E-state index in [9.17, 15) is 4.79 Å². The lowest BCUT2D eigenvalue weighted by Crippen LogP contribution is -2.34. The van der Waals surface area contributed by atoms with E-state index in [-0.39, 0.29) is 11.0 Å². The van der Waals surface area contributed by atoms with Crippen LogP contribution < -0.4 is 15.4 Å². The monoisotopic (exact) mass is 502 g/mol. The minimum Gasteiger partial charge on any atom is -0.493 e. The summed E-state index contributed by atoms with van der Waals surface area (Å²) in [6, 6.07) is 10.2. The third-order valence-electron chi connectivity index (χ3n) is 3.85. The number of carbonyl (C=O) groups is 1. The molecule has 2 N–H and O–H groups in total. The molecule has 0 aliphatic heterocycles. The summed E-state index contributed by atoms with van der Waals surface area (Å²) in [5, 5.41) is 6.60. The predicted molar refractivity (Wildman–Crippen MR) is 124 cm³/mol. The summed E-state index contributed by atoms with van der Waals surface area (Å²) in [5.74, 6) is 0.140. The fraction of sp³-hybridized carbons (Fsp3) is 0.300. The average Bonchev–Trinajstić information content (AvgIpc) is 2.65. The fourth-order valence-electron chi connectivity index (χ4n) is 2.43. The molecule has 2 aromatic rings. The Balaban J connectivity index is 2.03. The zero-order chi connectivity index (χ0) is 20.5. The molecule has 4 nitrogen and oxygen atoms in total. The Morgan fingerprint density at radius 1 is 1.14 bits per heavy atom. The van der Waals surface area contributed by atoms with Gasteiger partial charge in [0, 0.05) is 9.50 Å². The maximum absolute atomic E-state index is 12.7. The summed E-state index contributed by atoms with van der Waals surface area (Å²) in [5.41, 5.74) is 0.910. The first-order chi connectivity index (χ1) is 13.4. The molecule has 0 unspecified atom stereocenters. The van der Waals surface area contributed by atoms with Crippen molar-refractivity contribution in [3.8, 4) is 5.75 Å². The van der Waals surface area contributed by atoms with Crippen molar-refractivity contribution in [1.29, 1.82) is 0 Å². The van der Waals surface area contributed by atoms with Crippen molar-refractivity contribution in [2.45, 2.75) is 32.6 Å². The Kier molecular flexibility index (Phi) is 9.51. The number of unbranched alkanes of at least 4 members (excludes halogenated alkanes) is 3. The smallest absolute Gasteiger partial charge is 0.261 e. The number of nitrogens with one attached hydrogen (secondary N) is 2. The Labute approximate surface area is 189 Å². The first kappa shape index (κ1) is 22.9. The van der Waals surface area contributed by atoms with Crippen molar-refractivity contribution in [3.05, 3.63) is 56.5 Å². The van der Waals surface area contributed by atoms with E-state index in [1.54, 1.807) is 30.3 Å². The van der Waals surface area contributed by atoms with E-state index in [1.807, 2.05) is 6.07 Å². The molecule has 8 heteroatoms. The van der Waals surface area contributed by atoms with Gasteiger partial charge in [0.15, 0.2) is 5.11 Å². The van der Waals surface area contributed by atoms with Gasteiger partial charge in [0.2, 0.25) is 0 Å². The molecule has 0 aliphatic carbocycles. The summed E-state index contributed by atoms with van der Waals surface area (Å²) >= 11 is 20.7. The standard InChI is InChI=1S/C20H21BrCl2N2O2S/c1-2-3-4-5-10-27-18-9-6-13(21)11-15(18)19(26)25-20(28)24-17-12-14(22)7-8-16(17)23/h6-9,11-12H,2-5,10H2,1H3,(H2,24,25,26,28). The lowest BCUT2D eigenvalue weighted by atomic mass is 10.2. The zero-order valence-electron chi connectivity index (χ0n) is 15.4. The first-order valence-corrected chi connectivity index (χ1v) is 10.9. The summed E-state index contributed by atoms with van der Waals surface area (Å²) in [4.78, 5) is 12.7. The van der Waals surface area contributed by atoms with Crippen LogP contribution in [0.3, 0.4) is 0 Å². The number of carbonyl (C=O) groups excluding carboxylic acids is 1. The second kappa shape index (κ2) is 11.6. The molecular formula is C20H21BrCl2N2O2S. The molecule has 2 aromatic carbocycles. The van der Waals surface area contributed by atoms with Gasteiger partial charge in [-0.05, 0) is 55.0 Å². The van der Waals surface area contributed by atoms with Crippen LogP contribution in [0.5, 0.6) is 5.75 Å². The zero-order valence-corrected chi connectivity index (χ0v) is 19.3. The molecule has 0 radical (unpaired) electrons. The van der Waals surface area contributed by atoms with Gasteiger partial charge < -0.3 is 10.1 Å². The van der Waals surface area contributed by atoms with Gasteiger partial charge in [0.25, 0.3) is 5.91 Å². The number of amides is 1. The molecule has 0 fully saturated rings. The van der Waals surface area contributed by atoms with Gasteiger partial charge in [0.05, 0.1) is 22.9 Å². The van der Waals surface area contributed by atoms with Crippen molar-refractivity contribution in [2.75, 3.05) is 11.9 Å². The highest BCUT2D eigenvalue weighted by atomic mass is 79.9. The van der Waals surface area contributed by atoms with Crippen LogP contribution in [-0.4, -0.2) is 17.6 Å². The molecule has 0 atom stereocenters. The number of hydrogen-bond donors (Lipinski definition) is 2. The Morgan fingerprint density at radius 3 is 2.68 bits per heavy atom. The minimum absolute atomic E-state index is 0.114. The average molecular weight is 504 g/mol. The van der Waals surface area contributed by atoms with Crippen LogP contribution in [0.2, 0.25) is 10.0 Å². The van der Waals surface area contributed by atoms with Gasteiger partial charge in [-0.3, -0.25) is 10.1 Å². The molecule has 2 rings (SSSR count). The van der Waals surface area contributed by atoms with E-state index in [2.05, 4.69) is 33.5 Å². The lowest BCUT2D eigenvalue weighted by Gasteiger charge is -2.14. The van der Waals surface area contributed by atoms with E-state index in [4.69, 9.17) is 40.2 Å². The number of halogens is 3. The summed E-state index contributed by atoms with van der Waals surface area (Å²) in [6.07, 6.45) is 4.37. The molecule has 150 valence electrons. The van der Waals surface area contributed by atoms with E-state index in [0.717, 1.165) is 23.7 Å². The van der Waals surface area contributed by atoms with E-state index in [0.29, 0.717) is 33.7 Å². The number of hydrogen-bond acceptors (Lipinski definition) is 3. The highest BCUT2D eigenvalue weighted by molar-refractivity contribution is 9.10. The second-order valence-corrected chi connectivity index (χ2v) is 8.25. The second-order valence-electron chi connectivity index (χ2n) is 6.08. The van der Waals surface area contributed by atoms with Crippen LogP contribution in [0.25, 0.3) is 0 Å². The highest BCUT2D eigenvalue weighted by Gasteiger charge is 2.15. The Morgan fingerprint density at radius 2 is 1.93 bits per heavy atom. The largest absolute Gasteiger partial charge is 0.493 e. The SMILES string of the molecule is CCCCCCOc1ccc(Br)cc1C(=O)NC(=S)Nc1cc(Cl)ccc1Cl. The molecule has 0 aliphatic rings. The first-order valence-electron chi connectivity index (χ1n) is 8.90. The fourth-order valence-corrected chi connectivity index (χ4v) is 3.33. The summed E-state index contributed by atoms with van der Waals surface area (Å²) < 4.78 is 6.58. The molecule has 1 amide bonds. The molecule has 28 heavy (non-hydrogen) atoms. The van der Waals surface area contributed by atoms with Crippen LogP contribution in [0.4, 0.5) is 5.69 Å². The topological polar surface area (TPSA) is 50.4 Å². The van der Waals surface area contributed by atoms with Crippen LogP contribution in [0.15, 0.2) is 40.9 Å². The summed E-state index contributed by atoms with van der Waals surface area (Å²) in [7, 11) is 0. The van der Waals surface area contributed by atoms with Crippen molar-refractivity contribution < 1.29 is 9.53 Å². The normalized spacial score (nSPS) is 10.4. The molecular weight excluding hydrogens is 483 g/mol. The van der Waals surface area contributed by atoms with Gasteiger partial charge in [-0.1, -0.05) is 65.3 Å². The van der Waals surface area contributed by atoms with Crippen LogP contribution in [0, 0.1) is 0 Å². The number of anilines is 1. The quantitative estimate of drug-likeness (QED) is 0.305. The summed E-state index contributed by atoms with van der Waals surface area (Å²) in [6.45, 7) is 2.72. The minimum atomic E-state index is -0.375. The third kappa shape index (κ3) is 7.24. The molecule has 0 saturated carbocycles. The maximum Gasteiger partial charge on any atom is 0.261 e. The van der Waals surface area contributed by atoms with Gasteiger partial charge in [-0.25, -0.2) is 0 Å². The van der Waals surface area contributed by atoms with Crippen LogP contribution in [-0.2, 0) is 0 Å². The van der Waals surface area contributed by atoms with Crippen LogP contribution in [0.1, 0.15) is 43.0 Å². The lowest BCUT2D eigenvalue weighted by molar-refractivity contribution is 0.0973. The van der Waals surface area contributed by atoms with Gasteiger partial charge in [0.1, 0.15) is 5.75 Å². The van der Waals surface area contributed by atoms with Crippen molar-refractivity contribution in [3.63, 3.8) is 0 Å². The van der Waals surface area contributed by atoms with Crippen molar-refractivity contribution >= 4 is 68.1 Å². The predicted octanol–water partition coefficient (Wildman–Crippen LogP) is 6.84. The van der Waals surface area contributed by atoms with Gasteiger partial charge in [-0.15, -0.1) is 0 Å². The van der Waals surface area contributed by atoms with E-state index >= 15 is 0 Å². The third-order valence-corrected chi connectivity index (χ3v) is 5.11. The van der Waals surface area contributed by atoms with Gasteiger partial charge in [-0.2, -0.15) is 0 Å². The molecule has 0 aromatic heterocycles. The van der Waals surface area contributed by atoms with Crippen molar-refractivity contribution in [1.82, 2.24) is 5.32 Å². The van der Waals surface area contributed by atoms with E-state index in [1.165, 1.54) is 6.42 Å². The molecule has 0 heterocycles. The molecule has 0 bridgehead atoms. The number of thiocarbonyl (C=S) groups is 1.